The highest BCUT2D eigenvalue weighted by Gasteiger charge is 2.23. The zero-order chi connectivity index (χ0) is 17.2. The second-order valence-corrected chi connectivity index (χ2v) is 6.84. The van der Waals surface area contributed by atoms with Gasteiger partial charge in [-0.25, -0.2) is 4.39 Å². The number of aromatic amines is 1. The molecule has 0 amide bonds. The van der Waals surface area contributed by atoms with Crippen LogP contribution in [0.1, 0.15) is 29.9 Å². The fourth-order valence-corrected chi connectivity index (χ4v) is 3.88. The van der Waals surface area contributed by atoms with Crippen LogP contribution in [-0.4, -0.2) is 30.1 Å². The number of rotatable bonds is 4. The van der Waals surface area contributed by atoms with E-state index in [0.717, 1.165) is 49.3 Å². The van der Waals surface area contributed by atoms with Gasteiger partial charge in [-0.3, -0.25) is 4.90 Å². The van der Waals surface area contributed by atoms with Crippen LogP contribution in [0, 0.1) is 5.82 Å². The fraction of sp³-hybridized carbons (Fsp3) is 0.333. The molecule has 25 heavy (non-hydrogen) atoms. The molecular weight excluding hydrogens is 315 g/mol. The topological polar surface area (TPSA) is 28.3 Å². The minimum atomic E-state index is -0.153. The van der Waals surface area contributed by atoms with Gasteiger partial charge in [0.1, 0.15) is 11.6 Å². The molecule has 1 fully saturated rings. The molecule has 2 heterocycles. The normalized spacial score (nSPS) is 16.4. The summed E-state index contributed by atoms with van der Waals surface area (Å²) in [6.07, 6.45) is 4.40. The largest absolute Gasteiger partial charge is 0.497 e. The number of hydrogen-bond acceptors (Lipinski definition) is 2. The van der Waals surface area contributed by atoms with Crippen molar-refractivity contribution in [2.45, 2.75) is 25.3 Å². The lowest BCUT2D eigenvalue weighted by Gasteiger charge is -2.32. The minimum Gasteiger partial charge on any atom is -0.497 e. The highest BCUT2D eigenvalue weighted by molar-refractivity contribution is 5.85. The Morgan fingerprint density at radius 3 is 2.76 bits per heavy atom. The Morgan fingerprint density at radius 2 is 2.00 bits per heavy atom. The van der Waals surface area contributed by atoms with Crippen molar-refractivity contribution < 1.29 is 9.13 Å². The molecular formula is C21H23FN2O. The molecule has 1 saturated heterocycles. The molecule has 0 radical (unpaired) electrons. The van der Waals surface area contributed by atoms with Crippen LogP contribution in [0.4, 0.5) is 4.39 Å². The first-order valence-corrected chi connectivity index (χ1v) is 8.85. The van der Waals surface area contributed by atoms with E-state index in [-0.39, 0.29) is 5.82 Å². The molecule has 0 bridgehead atoms. The summed E-state index contributed by atoms with van der Waals surface area (Å²) in [4.78, 5) is 5.80. The summed E-state index contributed by atoms with van der Waals surface area (Å²) < 4.78 is 18.7. The number of piperidine rings is 1. The number of nitrogens with zero attached hydrogens (tertiary/aromatic N) is 1. The summed E-state index contributed by atoms with van der Waals surface area (Å²) in [5, 5.41) is 1.27. The first kappa shape index (κ1) is 16.2. The predicted octanol–water partition coefficient (Wildman–Crippen LogP) is 4.70. The highest BCUT2D eigenvalue weighted by atomic mass is 19.1. The average Bonchev–Trinajstić information content (AvgIpc) is 3.05. The summed E-state index contributed by atoms with van der Waals surface area (Å²) in [7, 11) is 1.71. The molecule has 2 aromatic carbocycles. The Labute approximate surface area is 147 Å². The number of benzene rings is 2. The molecule has 1 aromatic heterocycles. The number of aromatic nitrogens is 1. The lowest BCUT2D eigenvalue weighted by molar-refractivity contribution is 0.205. The highest BCUT2D eigenvalue weighted by Crippen LogP contribution is 2.35. The number of halogens is 1. The van der Waals surface area contributed by atoms with E-state index < -0.39 is 0 Å². The van der Waals surface area contributed by atoms with Gasteiger partial charge in [-0.2, -0.15) is 0 Å². The van der Waals surface area contributed by atoms with Gasteiger partial charge >= 0.3 is 0 Å². The monoisotopic (exact) mass is 338 g/mol. The number of nitrogens with one attached hydrogen (secondary N) is 1. The quantitative estimate of drug-likeness (QED) is 0.747. The molecule has 0 aliphatic carbocycles. The average molecular weight is 338 g/mol. The van der Waals surface area contributed by atoms with E-state index in [4.69, 9.17) is 4.74 Å². The van der Waals surface area contributed by atoms with E-state index in [2.05, 4.69) is 28.2 Å². The van der Waals surface area contributed by atoms with Gasteiger partial charge in [0.2, 0.25) is 0 Å². The molecule has 1 aliphatic rings. The van der Waals surface area contributed by atoms with Crippen LogP contribution in [-0.2, 0) is 6.54 Å². The van der Waals surface area contributed by atoms with Crippen molar-refractivity contribution in [2.75, 3.05) is 20.2 Å². The second-order valence-electron chi connectivity index (χ2n) is 6.84. The van der Waals surface area contributed by atoms with Gasteiger partial charge in [-0.05, 0) is 73.3 Å². The Balaban J connectivity index is 1.45. The van der Waals surface area contributed by atoms with Gasteiger partial charge in [-0.15, -0.1) is 0 Å². The van der Waals surface area contributed by atoms with Gasteiger partial charge in [0.25, 0.3) is 0 Å². The number of likely N-dealkylation sites (tertiary alicyclic amines) is 1. The standard InChI is InChI=1S/C21H23FN2O/c1-25-18-5-6-21-19(12-18)20(13-23-21)16-7-9-24(10-8-16)14-15-3-2-4-17(22)11-15/h2-6,11-13,16,23H,7-10,14H2,1H3. The van der Waals surface area contributed by atoms with Crippen LogP contribution in [0.3, 0.4) is 0 Å². The lowest BCUT2D eigenvalue weighted by Crippen LogP contribution is -2.32. The van der Waals surface area contributed by atoms with Crippen LogP contribution in [0.25, 0.3) is 10.9 Å². The van der Waals surface area contributed by atoms with E-state index in [9.17, 15) is 4.39 Å². The smallest absolute Gasteiger partial charge is 0.123 e. The SMILES string of the molecule is COc1ccc2[nH]cc(C3CCN(Cc4cccc(F)c4)CC3)c2c1. The molecule has 0 saturated carbocycles. The summed E-state index contributed by atoms with van der Waals surface area (Å²) in [5.41, 5.74) is 3.60. The summed E-state index contributed by atoms with van der Waals surface area (Å²) in [5.74, 6) is 1.31. The third kappa shape index (κ3) is 3.40. The number of methoxy groups -OCH3 is 1. The number of fused-ring (bicyclic) bond motifs is 1. The van der Waals surface area contributed by atoms with Crippen molar-refractivity contribution in [3.8, 4) is 5.75 Å². The van der Waals surface area contributed by atoms with Crippen LogP contribution in [0.5, 0.6) is 5.75 Å². The van der Waals surface area contributed by atoms with Crippen molar-refractivity contribution in [1.29, 1.82) is 0 Å². The van der Waals surface area contributed by atoms with Gasteiger partial charge in [0.15, 0.2) is 0 Å². The van der Waals surface area contributed by atoms with Crippen molar-refractivity contribution in [3.63, 3.8) is 0 Å². The molecule has 0 unspecified atom stereocenters. The van der Waals surface area contributed by atoms with Gasteiger partial charge in [-0.1, -0.05) is 12.1 Å². The van der Waals surface area contributed by atoms with Gasteiger partial charge < -0.3 is 9.72 Å². The third-order valence-electron chi connectivity index (χ3n) is 5.24. The molecule has 3 nitrogen and oxygen atoms in total. The summed E-state index contributed by atoms with van der Waals surface area (Å²) in [6, 6.07) is 13.1. The van der Waals surface area contributed by atoms with E-state index in [1.54, 1.807) is 19.2 Å². The van der Waals surface area contributed by atoms with Crippen molar-refractivity contribution in [2.24, 2.45) is 0 Å². The van der Waals surface area contributed by atoms with Crippen LogP contribution in [0.15, 0.2) is 48.7 Å². The first-order valence-electron chi connectivity index (χ1n) is 8.85. The summed E-state index contributed by atoms with van der Waals surface area (Å²) >= 11 is 0. The maximum Gasteiger partial charge on any atom is 0.123 e. The summed E-state index contributed by atoms with van der Waals surface area (Å²) in [6.45, 7) is 2.90. The van der Waals surface area contributed by atoms with E-state index in [1.807, 2.05) is 12.1 Å². The van der Waals surface area contributed by atoms with Gasteiger partial charge in [0, 0.05) is 23.6 Å². The Bertz CT molecular complexity index is 865. The molecule has 1 aliphatic heterocycles. The van der Waals surface area contributed by atoms with E-state index in [0.29, 0.717) is 5.92 Å². The first-order chi connectivity index (χ1) is 12.2. The van der Waals surface area contributed by atoms with Crippen molar-refractivity contribution in [1.82, 2.24) is 9.88 Å². The second kappa shape index (κ2) is 6.89. The predicted molar refractivity (Wildman–Crippen MR) is 98.5 cm³/mol. The molecule has 4 heteroatoms. The van der Waals surface area contributed by atoms with Crippen molar-refractivity contribution in [3.05, 3.63) is 65.6 Å². The molecule has 0 atom stereocenters. The number of hydrogen-bond donors (Lipinski definition) is 1. The van der Waals surface area contributed by atoms with Crippen LogP contribution >= 0.6 is 0 Å². The number of H-pyrrole nitrogens is 1. The zero-order valence-electron chi connectivity index (χ0n) is 14.5. The van der Waals surface area contributed by atoms with Crippen LogP contribution < -0.4 is 4.74 Å². The lowest BCUT2D eigenvalue weighted by atomic mass is 9.89. The zero-order valence-corrected chi connectivity index (χ0v) is 14.5. The molecule has 4 rings (SSSR count). The minimum absolute atomic E-state index is 0.153. The maximum atomic E-state index is 13.3. The van der Waals surface area contributed by atoms with E-state index in [1.165, 1.54) is 17.0 Å². The maximum absolute atomic E-state index is 13.3. The number of ether oxygens (including phenoxy) is 1. The molecule has 1 N–H and O–H groups in total. The van der Waals surface area contributed by atoms with E-state index >= 15 is 0 Å². The van der Waals surface area contributed by atoms with Crippen molar-refractivity contribution >= 4 is 10.9 Å². The van der Waals surface area contributed by atoms with Crippen LogP contribution in [0.2, 0.25) is 0 Å². The molecule has 130 valence electrons. The third-order valence-corrected chi connectivity index (χ3v) is 5.24. The fourth-order valence-electron chi connectivity index (χ4n) is 3.88. The Morgan fingerprint density at radius 1 is 1.16 bits per heavy atom. The molecule has 0 spiro atoms. The Hall–Kier alpha value is -2.33. The van der Waals surface area contributed by atoms with Gasteiger partial charge in [0.05, 0.1) is 7.11 Å². The Kier molecular flexibility index (Phi) is 4.45. The molecule has 3 aromatic rings.